The van der Waals surface area contributed by atoms with Gasteiger partial charge in [0.15, 0.2) is 5.78 Å². The van der Waals surface area contributed by atoms with Crippen molar-refractivity contribution in [2.75, 3.05) is 0 Å². The third-order valence-corrected chi connectivity index (χ3v) is 0.948. The van der Waals surface area contributed by atoms with Crippen molar-refractivity contribution in [1.29, 1.82) is 0 Å². The molecule has 0 rings (SSSR count). The lowest BCUT2D eigenvalue weighted by Crippen LogP contribution is -2.43. The highest BCUT2D eigenvalue weighted by Gasteiger charge is 2.13. The van der Waals surface area contributed by atoms with Crippen molar-refractivity contribution in [2.24, 2.45) is 5.92 Å². The van der Waals surface area contributed by atoms with Gasteiger partial charge in [-0.25, -0.2) is 0 Å². The smallest absolute Gasteiger partial charge is 0.186 e. The number of hydrogen-bond acceptors (Lipinski definition) is 5. The van der Waals surface area contributed by atoms with E-state index in [1.807, 2.05) is 0 Å². The lowest BCUT2D eigenvalue weighted by molar-refractivity contribution is -0.314. The van der Waals surface area contributed by atoms with Crippen LogP contribution in [0.2, 0.25) is 0 Å². The number of carbonyl (C=O) groups is 3. The van der Waals surface area contributed by atoms with Crippen LogP contribution in [0, 0.1) is 5.92 Å². The molecule has 0 amide bonds. The first-order valence-corrected chi connectivity index (χ1v) is 2.43. The van der Waals surface area contributed by atoms with Crippen LogP contribution in [0.1, 0.15) is 6.92 Å². The molecule has 56 valence electrons. The number of carboxylic acid groups (broad SMARTS) is 2. The van der Waals surface area contributed by atoms with Crippen LogP contribution in [-0.2, 0) is 14.4 Å². The normalized spacial score (nSPS) is 12.1. The maximum absolute atomic E-state index is 10.2. The van der Waals surface area contributed by atoms with Crippen molar-refractivity contribution in [3.05, 3.63) is 0 Å². The molecule has 0 radical (unpaired) electrons. The molecule has 0 N–H and O–H groups in total. The first kappa shape index (κ1) is 8.61. The van der Waals surface area contributed by atoms with Crippen LogP contribution in [0.3, 0.4) is 0 Å². The minimum Gasteiger partial charge on any atom is -0.549 e. The maximum atomic E-state index is 10.2. The highest BCUT2D eigenvalue weighted by molar-refractivity contribution is 6.35. The fourth-order valence-corrected chi connectivity index (χ4v) is 0.284. The topological polar surface area (TPSA) is 97.3 Å². The van der Waals surface area contributed by atoms with Gasteiger partial charge in [0.05, 0.1) is 11.9 Å². The SMILES string of the molecule is C[C@H](C(=O)[O-])C(=O)C(=O)[O-]. The van der Waals surface area contributed by atoms with Gasteiger partial charge in [-0.1, -0.05) is 0 Å². The van der Waals surface area contributed by atoms with Gasteiger partial charge >= 0.3 is 0 Å². The summed E-state index contributed by atoms with van der Waals surface area (Å²) in [7, 11) is 0. The van der Waals surface area contributed by atoms with Crippen molar-refractivity contribution in [1.82, 2.24) is 0 Å². The first-order valence-electron chi connectivity index (χ1n) is 2.43. The number of aliphatic carboxylic acids is 2. The van der Waals surface area contributed by atoms with Crippen LogP contribution >= 0.6 is 0 Å². The quantitative estimate of drug-likeness (QED) is 0.305. The zero-order valence-electron chi connectivity index (χ0n) is 5.12. The van der Waals surface area contributed by atoms with Gasteiger partial charge < -0.3 is 19.8 Å². The molecule has 1 atom stereocenters. The van der Waals surface area contributed by atoms with E-state index < -0.39 is 23.6 Å². The van der Waals surface area contributed by atoms with Crippen molar-refractivity contribution in [3.8, 4) is 0 Å². The molecule has 10 heavy (non-hydrogen) atoms. The third-order valence-electron chi connectivity index (χ3n) is 0.948. The minimum atomic E-state index is -2.00. The zero-order chi connectivity index (χ0) is 8.31. The van der Waals surface area contributed by atoms with Crippen molar-refractivity contribution in [3.63, 3.8) is 0 Å². The van der Waals surface area contributed by atoms with E-state index >= 15 is 0 Å². The highest BCUT2D eigenvalue weighted by atomic mass is 16.4. The second-order valence-corrected chi connectivity index (χ2v) is 1.69. The average Bonchev–Trinajstić information content (AvgIpc) is 1.84. The largest absolute Gasteiger partial charge is 0.549 e. The number of carboxylic acids is 2. The predicted octanol–water partition coefficient (Wildman–Crippen LogP) is -3.31. The number of Topliss-reactive ketones (excluding diaryl/α,β-unsaturated/α-hetero) is 1. The lowest BCUT2D eigenvalue weighted by Gasteiger charge is -2.10. The van der Waals surface area contributed by atoms with Crippen LogP contribution in [0.25, 0.3) is 0 Å². The molecule has 0 saturated carbocycles. The Morgan fingerprint density at radius 3 is 1.70 bits per heavy atom. The Morgan fingerprint density at radius 1 is 1.20 bits per heavy atom. The van der Waals surface area contributed by atoms with Gasteiger partial charge in [0.25, 0.3) is 0 Å². The second kappa shape index (κ2) is 2.95. The van der Waals surface area contributed by atoms with E-state index in [-0.39, 0.29) is 0 Å². The fraction of sp³-hybridized carbons (Fsp3) is 0.400. The molecule has 0 heterocycles. The molecule has 5 heteroatoms. The van der Waals surface area contributed by atoms with Gasteiger partial charge in [0, 0.05) is 0 Å². The summed E-state index contributed by atoms with van der Waals surface area (Å²) >= 11 is 0. The van der Waals surface area contributed by atoms with Gasteiger partial charge in [0.2, 0.25) is 0 Å². The Kier molecular flexibility index (Phi) is 2.54. The van der Waals surface area contributed by atoms with E-state index in [4.69, 9.17) is 0 Å². The highest BCUT2D eigenvalue weighted by Crippen LogP contribution is 1.92. The summed E-state index contributed by atoms with van der Waals surface area (Å²) in [6.45, 7) is 0.924. The van der Waals surface area contributed by atoms with Crippen molar-refractivity contribution < 1.29 is 24.6 Å². The van der Waals surface area contributed by atoms with E-state index in [9.17, 15) is 24.6 Å². The van der Waals surface area contributed by atoms with Gasteiger partial charge in [-0.2, -0.15) is 0 Å². The lowest BCUT2D eigenvalue weighted by atomic mass is 10.1. The van der Waals surface area contributed by atoms with Gasteiger partial charge in [-0.15, -0.1) is 0 Å². The third kappa shape index (κ3) is 1.85. The molecule has 0 unspecified atom stereocenters. The molecule has 0 aliphatic carbocycles. The number of carbonyl (C=O) groups excluding carboxylic acids is 3. The maximum Gasteiger partial charge on any atom is 0.186 e. The van der Waals surface area contributed by atoms with Crippen LogP contribution < -0.4 is 10.2 Å². The van der Waals surface area contributed by atoms with E-state index in [1.165, 1.54) is 0 Å². The van der Waals surface area contributed by atoms with Crippen molar-refractivity contribution >= 4 is 17.7 Å². The molecule has 0 aromatic heterocycles. The number of ketones is 1. The first-order chi connectivity index (χ1) is 4.46. The van der Waals surface area contributed by atoms with E-state index in [1.54, 1.807) is 0 Å². The van der Waals surface area contributed by atoms with Crippen LogP contribution in [0.15, 0.2) is 0 Å². The summed E-state index contributed by atoms with van der Waals surface area (Å²) in [4.78, 5) is 29.7. The summed E-state index contributed by atoms with van der Waals surface area (Å²) in [6, 6.07) is 0. The molecule has 0 aliphatic heterocycles. The Labute approximate surface area is 56.3 Å². The Balaban J connectivity index is 4.22. The molecule has 0 bridgehead atoms. The molecule has 0 aromatic rings. The number of hydrogen-bond donors (Lipinski definition) is 0. The predicted molar refractivity (Wildman–Crippen MR) is 24.2 cm³/mol. The summed E-state index contributed by atoms with van der Waals surface area (Å²) in [5.74, 6) is -6.82. The Hall–Kier alpha value is -1.39. The molecular weight excluding hydrogens is 140 g/mol. The van der Waals surface area contributed by atoms with Crippen molar-refractivity contribution in [2.45, 2.75) is 6.92 Å². The molecule has 5 nitrogen and oxygen atoms in total. The molecule has 0 aliphatic rings. The zero-order valence-corrected chi connectivity index (χ0v) is 5.12. The van der Waals surface area contributed by atoms with Gasteiger partial charge in [-0.05, 0) is 6.92 Å². The van der Waals surface area contributed by atoms with Gasteiger partial charge in [-0.3, -0.25) is 4.79 Å². The average molecular weight is 144 g/mol. The molecule has 0 spiro atoms. The second-order valence-electron chi connectivity index (χ2n) is 1.69. The molecule has 0 fully saturated rings. The summed E-state index contributed by atoms with van der Waals surface area (Å²) in [6.07, 6.45) is 0. The standard InChI is InChI=1S/C5H6O5/c1-2(4(7)8)3(6)5(9)10/h2H,1H3,(H,7,8)(H,9,10)/p-2/t2-/m0/s1. The Bertz CT molecular complexity index is 182. The van der Waals surface area contributed by atoms with E-state index in [0.717, 1.165) is 6.92 Å². The molecule has 0 aromatic carbocycles. The van der Waals surface area contributed by atoms with Crippen LogP contribution in [0.4, 0.5) is 0 Å². The van der Waals surface area contributed by atoms with Crippen LogP contribution in [0.5, 0.6) is 0 Å². The summed E-state index contributed by atoms with van der Waals surface area (Å²) in [5.41, 5.74) is 0. The molecular formula is C5H4O5-2. The number of rotatable bonds is 3. The monoisotopic (exact) mass is 144 g/mol. The minimum absolute atomic E-state index is 0.924. The Morgan fingerprint density at radius 2 is 1.60 bits per heavy atom. The van der Waals surface area contributed by atoms with Gasteiger partial charge in [0.1, 0.15) is 5.97 Å². The fourth-order valence-electron chi connectivity index (χ4n) is 0.284. The van der Waals surface area contributed by atoms with E-state index in [2.05, 4.69) is 0 Å². The molecule has 0 saturated heterocycles. The van der Waals surface area contributed by atoms with Crippen LogP contribution in [-0.4, -0.2) is 17.7 Å². The van der Waals surface area contributed by atoms with E-state index in [0.29, 0.717) is 0 Å². The summed E-state index contributed by atoms with van der Waals surface area (Å²) < 4.78 is 0. The summed E-state index contributed by atoms with van der Waals surface area (Å²) in [5, 5.41) is 19.5.